The maximum atomic E-state index is 5.83. The molecule has 1 rings (SSSR count). The summed E-state index contributed by atoms with van der Waals surface area (Å²) in [7, 11) is 0. The van der Waals surface area contributed by atoms with Crippen molar-refractivity contribution >= 4 is 22.9 Å². The summed E-state index contributed by atoms with van der Waals surface area (Å²) in [6.45, 7) is 4.02. The quantitative estimate of drug-likeness (QED) is 0.623. The van der Waals surface area contributed by atoms with Crippen LogP contribution in [0, 0.1) is 13.8 Å². The lowest BCUT2D eigenvalue weighted by atomic mass is 10.5. The first kappa shape index (κ1) is 9.49. The van der Waals surface area contributed by atoms with E-state index in [0.29, 0.717) is 5.02 Å². The fraction of sp³-hybridized carbons (Fsp3) is 0.222. The number of hydrogen-bond acceptors (Lipinski definition) is 2. The molecule has 0 unspecified atom stereocenters. The first-order chi connectivity index (χ1) is 5.68. The highest BCUT2D eigenvalue weighted by molar-refractivity contribution is 7.11. The predicted octanol–water partition coefficient (Wildman–Crippen LogP) is 3.54. The van der Waals surface area contributed by atoms with Gasteiger partial charge in [0.05, 0.1) is 5.01 Å². The summed E-state index contributed by atoms with van der Waals surface area (Å²) in [5.74, 6) is 0. The van der Waals surface area contributed by atoms with E-state index in [-0.39, 0.29) is 0 Å². The Bertz CT molecular complexity index is 318. The van der Waals surface area contributed by atoms with Crippen molar-refractivity contribution in [3.63, 3.8) is 0 Å². The van der Waals surface area contributed by atoms with Crippen LogP contribution in [0.15, 0.2) is 24.4 Å². The molecule has 1 heterocycles. The molecular formula is C9H10ClNS. The Morgan fingerprint density at radius 1 is 1.25 bits per heavy atom. The Morgan fingerprint density at radius 2 is 2.00 bits per heavy atom. The molecule has 0 aliphatic carbocycles. The summed E-state index contributed by atoms with van der Waals surface area (Å²) < 4.78 is 0. The molecule has 0 N–H and O–H groups in total. The highest BCUT2D eigenvalue weighted by atomic mass is 35.5. The average molecular weight is 200 g/mol. The minimum absolute atomic E-state index is 0.702. The Morgan fingerprint density at radius 3 is 2.75 bits per heavy atom. The van der Waals surface area contributed by atoms with Gasteiger partial charge in [-0.3, -0.25) is 4.98 Å². The summed E-state index contributed by atoms with van der Waals surface area (Å²) >= 11 is 7.48. The number of aryl methyl sites for hydroxylation is 2. The zero-order chi connectivity index (χ0) is 8.97. The normalized spacial score (nSPS) is 9.25. The SMILES string of the molecule is Cc1ccc(Cl)ccnc(C)s1. The van der Waals surface area contributed by atoms with Crippen LogP contribution in [-0.4, -0.2) is 4.98 Å². The van der Waals surface area contributed by atoms with E-state index in [0.717, 1.165) is 5.01 Å². The number of halogens is 1. The minimum atomic E-state index is 0.702. The van der Waals surface area contributed by atoms with Crippen LogP contribution in [0.3, 0.4) is 0 Å². The smallest absolute Gasteiger partial charge is 0.0895 e. The van der Waals surface area contributed by atoms with Crippen molar-refractivity contribution in [3.05, 3.63) is 39.3 Å². The number of rotatable bonds is 0. The molecule has 0 amide bonds. The topological polar surface area (TPSA) is 12.9 Å². The van der Waals surface area contributed by atoms with Crippen molar-refractivity contribution in [3.8, 4) is 0 Å². The molecule has 0 fully saturated rings. The molecule has 12 heavy (non-hydrogen) atoms. The predicted molar refractivity (Wildman–Crippen MR) is 54.2 cm³/mol. The van der Waals surface area contributed by atoms with E-state index in [9.17, 15) is 0 Å². The molecule has 0 aliphatic heterocycles. The lowest BCUT2D eigenvalue weighted by Crippen LogP contribution is -1.66. The molecule has 3 heteroatoms. The van der Waals surface area contributed by atoms with Crippen LogP contribution in [0.4, 0.5) is 0 Å². The van der Waals surface area contributed by atoms with E-state index in [4.69, 9.17) is 11.6 Å². The van der Waals surface area contributed by atoms with Crippen LogP contribution in [0.1, 0.15) is 9.88 Å². The molecule has 0 atom stereocenters. The Balaban J connectivity index is 3.33. The van der Waals surface area contributed by atoms with Crippen LogP contribution in [-0.2, 0) is 0 Å². The van der Waals surface area contributed by atoms with Gasteiger partial charge < -0.3 is 0 Å². The Labute approximate surface area is 81.4 Å². The van der Waals surface area contributed by atoms with Gasteiger partial charge in [0.25, 0.3) is 0 Å². The van der Waals surface area contributed by atoms with Gasteiger partial charge in [-0.1, -0.05) is 11.6 Å². The van der Waals surface area contributed by atoms with Crippen LogP contribution < -0.4 is 0 Å². The number of nitrogens with zero attached hydrogens (tertiary/aromatic N) is 1. The molecule has 1 aromatic heterocycles. The average Bonchev–Trinajstić information content (AvgIpc) is 2.05. The van der Waals surface area contributed by atoms with Crippen molar-refractivity contribution in [2.75, 3.05) is 0 Å². The van der Waals surface area contributed by atoms with Crippen LogP contribution in [0.2, 0.25) is 5.02 Å². The summed E-state index contributed by atoms with van der Waals surface area (Å²) in [5.41, 5.74) is 0. The maximum absolute atomic E-state index is 5.83. The molecule has 0 aliphatic rings. The van der Waals surface area contributed by atoms with Gasteiger partial charge in [-0.25, -0.2) is 0 Å². The highest BCUT2D eigenvalue weighted by Gasteiger charge is 1.83. The van der Waals surface area contributed by atoms with Gasteiger partial charge in [0, 0.05) is 16.1 Å². The number of hydrogen-bond donors (Lipinski definition) is 0. The summed E-state index contributed by atoms with van der Waals surface area (Å²) in [6, 6.07) is 5.64. The largest absolute Gasteiger partial charge is 0.251 e. The summed E-state index contributed by atoms with van der Waals surface area (Å²) in [5, 5.41) is 1.73. The molecule has 0 saturated heterocycles. The van der Waals surface area contributed by atoms with Gasteiger partial charge in [0.15, 0.2) is 0 Å². The van der Waals surface area contributed by atoms with E-state index in [1.54, 1.807) is 23.6 Å². The van der Waals surface area contributed by atoms with Gasteiger partial charge in [0.1, 0.15) is 0 Å². The molecule has 0 spiro atoms. The third kappa shape index (κ3) is 3.20. The van der Waals surface area contributed by atoms with Crippen molar-refractivity contribution in [1.29, 1.82) is 0 Å². The number of aromatic nitrogens is 1. The van der Waals surface area contributed by atoms with E-state index in [2.05, 4.69) is 4.98 Å². The standard InChI is InChI=1S/C9H10ClNS/c1-7-3-4-9(10)5-6-11-8(2)12-7/h3-6H,1-2H3. The molecule has 1 nitrogen and oxygen atoms in total. The van der Waals surface area contributed by atoms with Gasteiger partial charge in [0.2, 0.25) is 0 Å². The lowest BCUT2D eigenvalue weighted by molar-refractivity contribution is 1.28. The fourth-order valence-corrected chi connectivity index (χ4v) is 1.59. The highest BCUT2D eigenvalue weighted by Crippen LogP contribution is 2.08. The monoisotopic (exact) mass is 199 g/mol. The van der Waals surface area contributed by atoms with E-state index >= 15 is 0 Å². The zero-order valence-electron chi connectivity index (χ0n) is 7.04. The Hall–Kier alpha value is -0.600. The molecular weight excluding hydrogens is 190 g/mol. The van der Waals surface area contributed by atoms with E-state index in [1.165, 1.54) is 4.88 Å². The molecule has 1 aromatic rings. The van der Waals surface area contributed by atoms with Gasteiger partial charge >= 0.3 is 0 Å². The maximum Gasteiger partial charge on any atom is 0.0895 e. The van der Waals surface area contributed by atoms with E-state index < -0.39 is 0 Å². The van der Waals surface area contributed by atoms with Crippen LogP contribution in [0.25, 0.3) is 0 Å². The third-order valence-electron chi connectivity index (χ3n) is 1.28. The van der Waals surface area contributed by atoms with Crippen LogP contribution in [0.5, 0.6) is 0 Å². The molecule has 64 valence electrons. The van der Waals surface area contributed by atoms with E-state index in [1.807, 2.05) is 26.0 Å². The van der Waals surface area contributed by atoms with Crippen molar-refractivity contribution in [2.45, 2.75) is 13.8 Å². The zero-order valence-corrected chi connectivity index (χ0v) is 8.62. The van der Waals surface area contributed by atoms with Gasteiger partial charge in [-0.05, 0) is 32.0 Å². The van der Waals surface area contributed by atoms with Gasteiger partial charge in [-0.15, -0.1) is 11.3 Å². The second-order valence-electron chi connectivity index (χ2n) is 2.39. The van der Waals surface area contributed by atoms with Crippen molar-refractivity contribution in [1.82, 2.24) is 4.98 Å². The summed E-state index contributed by atoms with van der Waals surface area (Å²) in [6.07, 6.45) is 1.72. The van der Waals surface area contributed by atoms with Crippen molar-refractivity contribution < 1.29 is 0 Å². The third-order valence-corrected chi connectivity index (χ3v) is 2.39. The molecule has 0 saturated carbocycles. The first-order valence-corrected chi connectivity index (χ1v) is 4.81. The van der Waals surface area contributed by atoms with Crippen LogP contribution >= 0.6 is 22.9 Å². The fourth-order valence-electron chi connectivity index (χ4n) is 0.759. The Kier molecular flexibility index (Phi) is 3.50. The second kappa shape index (κ2) is 4.43. The first-order valence-electron chi connectivity index (χ1n) is 3.61. The molecule has 0 bridgehead atoms. The summed E-state index contributed by atoms with van der Waals surface area (Å²) in [4.78, 5) is 5.37. The lowest BCUT2D eigenvalue weighted by Gasteiger charge is -1.83. The molecule has 0 radical (unpaired) electrons. The molecule has 0 aromatic carbocycles. The van der Waals surface area contributed by atoms with Gasteiger partial charge in [-0.2, -0.15) is 0 Å². The minimum Gasteiger partial charge on any atom is -0.251 e. The van der Waals surface area contributed by atoms with Crippen molar-refractivity contribution in [2.24, 2.45) is 0 Å². The second-order valence-corrected chi connectivity index (χ2v) is 4.27.